The number of hydrogen-bond acceptors (Lipinski definition) is 3. The van der Waals surface area contributed by atoms with E-state index >= 15 is 0 Å². The third-order valence-corrected chi connectivity index (χ3v) is 8.53. The SMILES string of the molecule is CC(C)c1ccc(NC(=O)Cc2csc(=NC34CC5CC(CC(C5)C3)C4)n2C)cc1. The molecule has 0 unspecified atom stereocenters. The summed E-state index contributed by atoms with van der Waals surface area (Å²) < 4.78 is 2.14. The van der Waals surface area contributed by atoms with Crippen molar-refractivity contribution in [2.75, 3.05) is 5.32 Å². The standard InChI is InChI=1S/C25H33N3OS/c1-16(2)20-4-6-21(7-5-20)26-23(29)11-22-15-30-24(28(22)3)27-25-12-17-8-18(13-25)10-19(9-17)14-25/h4-7,15-19H,8-14H2,1-3H3,(H,26,29). The van der Waals surface area contributed by atoms with Crippen molar-refractivity contribution in [1.29, 1.82) is 0 Å². The van der Waals surface area contributed by atoms with E-state index in [0.717, 1.165) is 33.9 Å². The molecular formula is C25H33N3OS. The molecule has 1 aromatic heterocycles. The van der Waals surface area contributed by atoms with Crippen LogP contribution in [0, 0.1) is 17.8 Å². The van der Waals surface area contributed by atoms with E-state index in [2.05, 4.69) is 48.3 Å². The van der Waals surface area contributed by atoms with E-state index < -0.39 is 0 Å². The molecular weight excluding hydrogens is 390 g/mol. The van der Waals surface area contributed by atoms with Gasteiger partial charge in [-0.3, -0.25) is 9.79 Å². The highest BCUT2D eigenvalue weighted by molar-refractivity contribution is 7.07. The molecule has 1 aromatic carbocycles. The van der Waals surface area contributed by atoms with Crippen LogP contribution in [0.1, 0.15) is 69.5 Å². The van der Waals surface area contributed by atoms with E-state index in [1.165, 1.54) is 44.1 Å². The Morgan fingerprint density at radius 2 is 1.73 bits per heavy atom. The average Bonchev–Trinajstić information content (AvgIpc) is 3.00. The summed E-state index contributed by atoms with van der Waals surface area (Å²) in [5, 5.41) is 5.15. The predicted molar refractivity (Wildman–Crippen MR) is 123 cm³/mol. The molecule has 4 saturated carbocycles. The first-order valence-corrected chi connectivity index (χ1v) is 12.4. The summed E-state index contributed by atoms with van der Waals surface area (Å²) in [5.41, 5.74) is 3.36. The largest absolute Gasteiger partial charge is 0.326 e. The van der Waals surface area contributed by atoms with Gasteiger partial charge in [-0.15, -0.1) is 11.3 Å². The van der Waals surface area contributed by atoms with Crippen molar-refractivity contribution in [3.05, 3.63) is 45.7 Å². The number of aromatic nitrogens is 1. The van der Waals surface area contributed by atoms with E-state index in [4.69, 9.17) is 4.99 Å². The molecule has 0 spiro atoms. The van der Waals surface area contributed by atoms with Crippen molar-refractivity contribution in [2.24, 2.45) is 29.8 Å². The van der Waals surface area contributed by atoms with Gasteiger partial charge in [-0.05, 0) is 79.9 Å². The highest BCUT2D eigenvalue weighted by Gasteiger charge is 2.51. The van der Waals surface area contributed by atoms with Gasteiger partial charge in [-0.25, -0.2) is 0 Å². The van der Waals surface area contributed by atoms with Gasteiger partial charge < -0.3 is 9.88 Å². The Kier molecular flexibility index (Phi) is 5.12. The van der Waals surface area contributed by atoms with Crippen molar-refractivity contribution in [3.63, 3.8) is 0 Å². The summed E-state index contributed by atoms with van der Waals surface area (Å²) in [5.74, 6) is 3.23. The number of hydrogen-bond donors (Lipinski definition) is 1. The number of nitrogens with one attached hydrogen (secondary N) is 1. The number of benzene rings is 1. The lowest BCUT2D eigenvalue weighted by atomic mass is 9.53. The molecule has 4 fully saturated rings. The van der Waals surface area contributed by atoms with Crippen LogP contribution in [-0.4, -0.2) is 16.0 Å². The zero-order chi connectivity index (χ0) is 20.9. The van der Waals surface area contributed by atoms with Crippen molar-refractivity contribution in [1.82, 2.24) is 4.57 Å². The lowest BCUT2D eigenvalue weighted by molar-refractivity contribution is -0.115. The van der Waals surface area contributed by atoms with E-state index in [1.807, 2.05) is 12.1 Å². The first kappa shape index (κ1) is 20.0. The van der Waals surface area contributed by atoms with Gasteiger partial charge in [0.25, 0.3) is 0 Å². The Labute approximate surface area is 183 Å². The molecule has 0 saturated heterocycles. The molecule has 4 bridgehead atoms. The van der Waals surface area contributed by atoms with Gasteiger partial charge in [-0.1, -0.05) is 26.0 Å². The number of nitrogens with zero attached hydrogens (tertiary/aromatic N) is 2. The van der Waals surface area contributed by atoms with Gasteiger partial charge in [0.1, 0.15) is 0 Å². The van der Waals surface area contributed by atoms with Crippen molar-refractivity contribution < 1.29 is 4.79 Å². The van der Waals surface area contributed by atoms with Crippen LogP contribution in [0.2, 0.25) is 0 Å². The topological polar surface area (TPSA) is 46.4 Å². The molecule has 0 aliphatic heterocycles. The van der Waals surface area contributed by atoms with Crippen LogP contribution in [-0.2, 0) is 18.3 Å². The van der Waals surface area contributed by atoms with Gasteiger partial charge >= 0.3 is 0 Å². The van der Waals surface area contributed by atoms with Crippen LogP contribution in [0.25, 0.3) is 0 Å². The summed E-state index contributed by atoms with van der Waals surface area (Å²) in [4.78, 5) is 19.0. The Bertz CT molecular complexity index is 963. The molecule has 160 valence electrons. The zero-order valence-corrected chi connectivity index (χ0v) is 19.2. The maximum Gasteiger partial charge on any atom is 0.230 e. The van der Waals surface area contributed by atoms with Crippen LogP contribution in [0.5, 0.6) is 0 Å². The smallest absolute Gasteiger partial charge is 0.230 e. The van der Waals surface area contributed by atoms with E-state index in [-0.39, 0.29) is 11.4 Å². The van der Waals surface area contributed by atoms with Crippen molar-refractivity contribution in [2.45, 2.75) is 70.3 Å². The fourth-order valence-electron chi connectivity index (χ4n) is 6.39. The molecule has 4 aliphatic rings. The molecule has 0 atom stereocenters. The monoisotopic (exact) mass is 423 g/mol. The number of anilines is 1. The molecule has 1 amide bonds. The van der Waals surface area contributed by atoms with Gasteiger partial charge in [0.15, 0.2) is 4.80 Å². The van der Waals surface area contributed by atoms with Crippen molar-refractivity contribution in [3.8, 4) is 0 Å². The fraction of sp³-hybridized carbons (Fsp3) is 0.600. The molecule has 6 rings (SSSR count). The number of carbonyl (C=O) groups is 1. The van der Waals surface area contributed by atoms with Crippen LogP contribution >= 0.6 is 11.3 Å². The number of carbonyl (C=O) groups excluding carboxylic acids is 1. The molecule has 4 aliphatic carbocycles. The summed E-state index contributed by atoms with van der Waals surface area (Å²) in [7, 11) is 2.07. The van der Waals surface area contributed by atoms with E-state index in [0.29, 0.717) is 12.3 Å². The first-order chi connectivity index (χ1) is 14.4. The minimum atomic E-state index is 0.0297. The second kappa shape index (κ2) is 7.67. The second-order valence-corrected chi connectivity index (χ2v) is 11.2. The molecule has 2 aromatic rings. The van der Waals surface area contributed by atoms with Crippen LogP contribution in [0.15, 0.2) is 34.6 Å². The first-order valence-electron chi connectivity index (χ1n) is 11.5. The lowest BCUT2D eigenvalue weighted by Gasteiger charge is -2.54. The second-order valence-electron chi connectivity index (χ2n) is 10.3. The summed E-state index contributed by atoms with van der Waals surface area (Å²) >= 11 is 1.69. The maximum absolute atomic E-state index is 12.6. The van der Waals surface area contributed by atoms with Gasteiger partial charge in [0.05, 0.1) is 12.0 Å². The average molecular weight is 424 g/mol. The molecule has 5 heteroatoms. The molecule has 4 nitrogen and oxygen atoms in total. The van der Waals surface area contributed by atoms with Gasteiger partial charge in [-0.2, -0.15) is 0 Å². The van der Waals surface area contributed by atoms with Crippen molar-refractivity contribution >= 4 is 22.9 Å². The third kappa shape index (κ3) is 3.89. The minimum absolute atomic E-state index is 0.0297. The molecule has 1 heterocycles. The molecule has 30 heavy (non-hydrogen) atoms. The fourth-order valence-corrected chi connectivity index (χ4v) is 7.39. The quantitative estimate of drug-likeness (QED) is 0.700. The highest BCUT2D eigenvalue weighted by atomic mass is 32.1. The Morgan fingerprint density at radius 3 is 2.30 bits per heavy atom. The Hall–Kier alpha value is -1.88. The predicted octanol–water partition coefficient (Wildman–Crippen LogP) is 5.26. The third-order valence-electron chi connectivity index (χ3n) is 7.56. The zero-order valence-electron chi connectivity index (χ0n) is 18.4. The van der Waals surface area contributed by atoms with Gasteiger partial charge in [0, 0.05) is 23.8 Å². The van der Waals surface area contributed by atoms with E-state index in [1.54, 1.807) is 11.3 Å². The minimum Gasteiger partial charge on any atom is -0.326 e. The molecule has 1 N–H and O–H groups in total. The Morgan fingerprint density at radius 1 is 1.13 bits per heavy atom. The summed E-state index contributed by atoms with van der Waals surface area (Å²) in [6.07, 6.45) is 8.53. The lowest BCUT2D eigenvalue weighted by Crippen LogP contribution is -2.50. The highest BCUT2D eigenvalue weighted by Crippen LogP contribution is 2.57. The summed E-state index contributed by atoms with van der Waals surface area (Å²) in [6, 6.07) is 8.17. The van der Waals surface area contributed by atoms with Crippen LogP contribution in [0.3, 0.4) is 0 Å². The van der Waals surface area contributed by atoms with Crippen LogP contribution < -0.4 is 10.1 Å². The normalized spacial score (nSPS) is 30.3. The summed E-state index contributed by atoms with van der Waals surface area (Å²) in [6.45, 7) is 4.35. The van der Waals surface area contributed by atoms with Crippen LogP contribution in [0.4, 0.5) is 5.69 Å². The molecule has 0 radical (unpaired) electrons. The van der Waals surface area contributed by atoms with E-state index in [9.17, 15) is 4.79 Å². The number of thiazole rings is 1. The Balaban J connectivity index is 1.29. The van der Waals surface area contributed by atoms with Gasteiger partial charge in [0.2, 0.25) is 5.91 Å². The maximum atomic E-state index is 12.6. The number of rotatable bonds is 5. The number of amides is 1.